The summed E-state index contributed by atoms with van der Waals surface area (Å²) in [4.78, 5) is 26.2. The maximum atomic E-state index is 13.9. The van der Waals surface area contributed by atoms with Gasteiger partial charge in [-0.3, -0.25) is 4.79 Å². The molecule has 13 heteroatoms. The van der Waals surface area contributed by atoms with Gasteiger partial charge in [0.05, 0.1) is 24.9 Å². The van der Waals surface area contributed by atoms with Gasteiger partial charge in [-0.15, -0.1) is 0 Å². The van der Waals surface area contributed by atoms with Crippen LogP contribution in [0.25, 0.3) is 0 Å². The second-order valence-electron chi connectivity index (χ2n) is 7.78. The van der Waals surface area contributed by atoms with E-state index in [0.717, 1.165) is 0 Å². The average Bonchev–Trinajstić information content (AvgIpc) is 3.38. The van der Waals surface area contributed by atoms with Crippen molar-refractivity contribution >= 4 is 29.7 Å². The van der Waals surface area contributed by atoms with Gasteiger partial charge in [-0.25, -0.2) is 9.82 Å². The van der Waals surface area contributed by atoms with E-state index in [0.29, 0.717) is 28.2 Å². The zero-order chi connectivity index (χ0) is 27.1. The number of carbonyl (C=O) groups excluding carboxylic acids is 1. The van der Waals surface area contributed by atoms with Crippen LogP contribution in [0.1, 0.15) is 27.0 Å². The summed E-state index contributed by atoms with van der Waals surface area (Å²) in [5.74, 6) is -0.429. The number of hydrogen-bond acceptors (Lipinski definition) is 8. The molecular weight excluding hydrogens is 519 g/mol. The van der Waals surface area contributed by atoms with Gasteiger partial charge in [0.15, 0.2) is 0 Å². The number of nitrogens with zero attached hydrogens (tertiary/aromatic N) is 5. The number of ether oxygens (including phenoxy) is 2. The summed E-state index contributed by atoms with van der Waals surface area (Å²) in [6.45, 7) is 0.120. The molecule has 11 nitrogen and oxygen atoms in total. The van der Waals surface area contributed by atoms with E-state index in [1.807, 2.05) is 0 Å². The summed E-state index contributed by atoms with van der Waals surface area (Å²) in [6, 6.07) is 15.8. The summed E-state index contributed by atoms with van der Waals surface area (Å²) >= 11 is 6.01. The van der Waals surface area contributed by atoms with Crippen molar-refractivity contribution in [2.75, 3.05) is 7.11 Å². The van der Waals surface area contributed by atoms with Crippen LogP contribution in [-0.4, -0.2) is 38.9 Å². The zero-order valence-electron chi connectivity index (χ0n) is 19.9. The highest BCUT2D eigenvalue weighted by atomic mass is 35.5. The number of hydrogen-bond donors (Lipinski definition) is 1. The molecule has 0 aliphatic carbocycles. The Bertz CT molecular complexity index is 1470. The smallest absolute Gasteiger partial charge is 0.490 e. The van der Waals surface area contributed by atoms with Gasteiger partial charge in [-0.2, -0.15) is 9.78 Å². The second kappa shape index (κ2) is 11.9. The van der Waals surface area contributed by atoms with Gasteiger partial charge >= 0.3 is 5.95 Å². The highest BCUT2D eigenvalue weighted by Crippen LogP contribution is 2.22. The second-order valence-corrected chi connectivity index (χ2v) is 8.19. The quantitative estimate of drug-likeness (QED) is 0.180. The molecule has 0 aliphatic rings. The molecule has 4 aromatic rings. The summed E-state index contributed by atoms with van der Waals surface area (Å²) in [6.07, 6.45) is 2.70. The molecule has 3 aromatic carbocycles. The standard InChI is InChI=1S/C25H20ClFN6O5/c1-37-23-10-5-16(11-18(23)13-32-15-28-25(31-32)33(35)36)12-29-30-24(34)17-6-8-19(9-7-17)38-14-20-21(26)3-2-4-22(20)27/h2-12,15H,13-14H2,1H3,(H,30,34). The van der Waals surface area contributed by atoms with Crippen molar-refractivity contribution in [1.29, 1.82) is 0 Å². The summed E-state index contributed by atoms with van der Waals surface area (Å²) in [5, 5.41) is 18.9. The summed E-state index contributed by atoms with van der Waals surface area (Å²) in [7, 11) is 1.50. The van der Waals surface area contributed by atoms with Gasteiger partial charge in [0.1, 0.15) is 23.9 Å². The molecule has 0 radical (unpaired) electrons. The zero-order valence-corrected chi connectivity index (χ0v) is 20.6. The largest absolute Gasteiger partial charge is 0.496 e. The van der Waals surface area contributed by atoms with Crippen molar-refractivity contribution in [3.05, 3.63) is 110 Å². The minimum atomic E-state index is -0.679. The molecule has 1 aromatic heterocycles. The van der Waals surface area contributed by atoms with Gasteiger partial charge in [0.2, 0.25) is 6.33 Å². The summed E-state index contributed by atoms with van der Waals surface area (Å²) in [5.41, 5.74) is 4.34. The first-order chi connectivity index (χ1) is 18.3. The molecule has 0 atom stereocenters. The third kappa shape index (κ3) is 6.48. The van der Waals surface area contributed by atoms with E-state index in [9.17, 15) is 19.3 Å². The Hall–Kier alpha value is -4.84. The van der Waals surface area contributed by atoms with Crippen molar-refractivity contribution < 1.29 is 23.6 Å². The van der Waals surface area contributed by atoms with Gasteiger partial charge in [0, 0.05) is 21.8 Å². The SMILES string of the molecule is COc1ccc(C=NNC(=O)c2ccc(OCc3c(F)cccc3Cl)cc2)cc1Cn1cnc([N+](=O)[O-])n1. The monoisotopic (exact) mass is 538 g/mol. The lowest BCUT2D eigenvalue weighted by molar-refractivity contribution is -0.394. The average molecular weight is 539 g/mol. The van der Waals surface area contributed by atoms with Crippen molar-refractivity contribution in [1.82, 2.24) is 20.2 Å². The number of amides is 1. The molecule has 1 heterocycles. The van der Waals surface area contributed by atoms with E-state index in [1.165, 1.54) is 36.5 Å². The number of hydrazone groups is 1. The van der Waals surface area contributed by atoms with Gasteiger partial charge in [0.25, 0.3) is 5.91 Å². The van der Waals surface area contributed by atoms with Crippen LogP contribution in [-0.2, 0) is 13.2 Å². The topological polar surface area (TPSA) is 134 Å². The maximum Gasteiger partial charge on any atom is 0.490 e. The molecule has 4 rings (SSSR count). The number of nitrogens with one attached hydrogen (secondary N) is 1. The van der Waals surface area contributed by atoms with Crippen LogP contribution in [0.2, 0.25) is 5.02 Å². The van der Waals surface area contributed by atoms with E-state index >= 15 is 0 Å². The molecule has 194 valence electrons. The predicted molar refractivity (Wildman–Crippen MR) is 136 cm³/mol. The molecule has 0 fully saturated rings. The molecule has 0 saturated carbocycles. The Labute approximate surface area is 220 Å². The molecule has 0 saturated heterocycles. The molecule has 0 unspecified atom stereocenters. The van der Waals surface area contributed by atoms with Crippen LogP contribution in [0.4, 0.5) is 10.3 Å². The Morgan fingerprint density at radius 1 is 1.24 bits per heavy atom. The van der Waals surface area contributed by atoms with Crippen molar-refractivity contribution in [2.24, 2.45) is 5.10 Å². The lowest BCUT2D eigenvalue weighted by Gasteiger charge is -2.09. The van der Waals surface area contributed by atoms with Crippen LogP contribution < -0.4 is 14.9 Å². The molecule has 1 N–H and O–H groups in total. The van der Waals surface area contributed by atoms with Gasteiger partial charge in [-0.1, -0.05) is 22.7 Å². The number of rotatable bonds is 10. The van der Waals surface area contributed by atoms with Crippen molar-refractivity contribution in [3.63, 3.8) is 0 Å². The van der Waals surface area contributed by atoms with E-state index < -0.39 is 22.6 Å². The highest BCUT2D eigenvalue weighted by Gasteiger charge is 2.15. The number of aromatic nitrogens is 3. The minimum Gasteiger partial charge on any atom is -0.496 e. The van der Waals surface area contributed by atoms with E-state index in [1.54, 1.807) is 48.5 Å². The predicted octanol–water partition coefficient (Wildman–Crippen LogP) is 4.38. The molecule has 0 spiro atoms. The normalized spacial score (nSPS) is 10.9. The lowest BCUT2D eigenvalue weighted by atomic mass is 10.1. The number of carbonyl (C=O) groups is 1. The fourth-order valence-corrected chi connectivity index (χ4v) is 3.60. The third-order valence-electron chi connectivity index (χ3n) is 5.27. The number of methoxy groups -OCH3 is 1. The Balaban J connectivity index is 1.36. The van der Waals surface area contributed by atoms with Crippen LogP contribution in [0.5, 0.6) is 11.5 Å². The molecule has 0 bridgehead atoms. The first kappa shape index (κ1) is 26.2. The van der Waals surface area contributed by atoms with Gasteiger partial charge in [-0.05, 0) is 65.1 Å². The lowest BCUT2D eigenvalue weighted by Crippen LogP contribution is -2.17. The number of halogens is 2. The summed E-state index contributed by atoms with van der Waals surface area (Å²) < 4.78 is 26.1. The fraction of sp³-hybridized carbons (Fsp3) is 0.120. The number of benzene rings is 3. The van der Waals surface area contributed by atoms with E-state index in [-0.39, 0.29) is 23.7 Å². The molecule has 38 heavy (non-hydrogen) atoms. The Kier molecular flexibility index (Phi) is 8.23. The van der Waals surface area contributed by atoms with Crippen molar-refractivity contribution in [2.45, 2.75) is 13.2 Å². The molecule has 0 aliphatic heterocycles. The first-order valence-corrected chi connectivity index (χ1v) is 11.4. The number of nitro groups is 1. The van der Waals surface area contributed by atoms with E-state index in [2.05, 4.69) is 20.6 Å². The van der Waals surface area contributed by atoms with E-state index in [4.69, 9.17) is 21.1 Å². The van der Waals surface area contributed by atoms with Crippen LogP contribution in [0.3, 0.4) is 0 Å². The Morgan fingerprint density at radius 2 is 2.03 bits per heavy atom. The fourth-order valence-electron chi connectivity index (χ4n) is 3.38. The minimum absolute atomic E-state index is 0.0566. The first-order valence-electron chi connectivity index (χ1n) is 11.0. The van der Waals surface area contributed by atoms with Crippen LogP contribution in [0, 0.1) is 15.9 Å². The molecule has 1 amide bonds. The Morgan fingerprint density at radius 3 is 2.71 bits per heavy atom. The van der Waals surface area contributed by atoms with Crippen LogP contribution >= 0.6 is 11.6 Å². The van der Waals surface area contributed by atoms with Gasteiger partial charge < -0.3 is 19.6 Å². The van der Waals surface area contributed by atoms with Crippen molar-refractivity contribution in [3.8, 4) is 11.5 Å². The molecular formula is C25H20ClFN6O5. The van der Waals surface area contributed by atoms with Crippen LogP contribution in [0.15, 0.2) is 72.1 Å². The third-order valence-corrected chi connectivity index (χ3v) is 5.62. The maximum absolute atomic E-state index is 13.9. The highest BCUT2D eigenvalue weighted by molar-refractivity contribution is 6.31.